The van der Waals surface area contributed by atoms with Gasteiger partial charge in [0.2, 0.25) is 6.41 Å². The largest absolute Gasteiger partial charge is 0.573 e. The third kappa shape index (κ3) is 10.9. The summed E-state index contributed by atoms with van der Waals surface area (Å²) in [7, 11) is 0. The molecule has 0 saturated carbocycles. The second-order valence-electron chi connectivity index (χ2n) is 10.1. The SMILES string of the molecule is CCSC(NC(=O)N/C(F)=C/c1ccc(C(N)=NC=Nc2ccc(OC(F)(F)F)cc2)cc1)N(C=O)c1cc(C)ccc1C(C)C. The van der Waals surface area contributed by atoms with E-state index in [0.717, 1.165) is 35.7 Å². The molecular weight excluding hydrogens is 624 g/mol. The minimum Gasteiger partial charge on any atom is -0.406 e. The Bertz CT molecular complexity index is 1580. The Morgan fingerprint density at radius 1 is 1.09 bits per heavy atom. The number of nitrogens with zero attached hydrogens (tertiary/aromatic N) is 3. The number of carbonyl (C=O) groups excluding carboxylic acids is 2. The zero-order chi connectivity index (χ0) is 33.9. The zero-order valence-corrected chi connectivity index (χ0v) is 26.3. The molecule has 0 aliphatic rings. The number of urea groups is 1. The number of rotatable bonds is 13. The standard InChI is InChI=1S/C32H34F4N6O3S/c1-5-46-31(42(19-43)27-16-21(4)6-15-26(27)20(2)3)41-30(44)40-28(33)17-22-7-9-23(10-8-22)29(37)39-18-38-24-11-13-25(14-12-24)45-32(34,35)36/h6-20,31H,5H2,1-4H3,(H2,37,38,39)(H2,40,41,44)/b28-17+. The van der Waals surface area contributed by atoms with Crippen molar-refractivity contribution in [2.24, 2.45) is 15.7 Å². The van der Waals surface area contributed by atoms with Crippen LogP contribution in [0.3, 0.4) is 0 Å². The fourth-order valence-corrected chi connectivity index (χ4v) is 4.94. The fraction of sp³-hybridized carbons (Fsp3) is 0.250. The van der Waals surface area contributed by atoms with Crippen molar-refractivity contribution in [3.63, 3.8) is 0 Å². The quantitative estimate of drug-likeness (QED) is 0.0443. The van der Waals surface area contributed by atoms with E-state index in [1.54, 1.807) is 24.3 Å². The second kappa shape index (κ2) is 16.5. The number of carbonyl (C=O) groups is 2. The van der Waals surface area contributed by atoms with Crippen LogP contribution >= 0.6 is 11.8 Å². The van der Waals surface area contributed by atoms with Gasteiger partial charge < -0.3 is 15.8 Å². The number of thioether (sulfide) groups is 1. The van der Waals surface area contributed by atoms with Crippen LogP contribution in [0, 0.1) is 6.92 Å². The maximum atomic E-state index is 14.8. The molecular formula is C32H34F4N6O3S. The van der Waals surface area contributed by atoms with Gasteiger partial charge in [0.05, 0.1) is 11.4 Å². The van der Waals surface area contributed by atoms with E-state index in [1.165, 1.54) is 28.8 Å². The maximum absolute atomic E-state index is 14.8. The average Bonchev–Trinajstić information content (AvgIpc) is 2.98. The Hall–Kier alpha value is -4.85. The number of anilines is 1. The highest BCUT2D eigenvalue weighted by atomic mass is 32.2. The molecule has 1 atom stereocenters. The van der Waals surface area contributed by atoms with Crippen molar-refractivity contribution in [1.29, 1.82) is 0 Å². The van der Waals surface area contributed by atoms with Gasteiger partial charge in [-0.15, -0.1) is 24.9 Å². The molecule has 14 heteroatoms. The van der Waals surface area contributed by atoms with Crippen molar-refractivity contribution in [1.82, 2.24) is 10.6 Å². The number of aliphatic imine (C=N–C) groups is 2. The number of amides is 3. The smallest absolute Gasteiger partial charge is 0.406 e. The average molecular weight is 659 g/mol. The number of hydrogen-bond donors (Lipinski definition) is 3. The van der Waals surface area contributed by atoms with E-state index in [0.29, 0.717) is 34.7 Å². The highest BCUT2D eigenvalue weighted by molar-refractivity contribution is 7.99. The predicted octanol–water partition coefficient (Wildman–Crippen LogP) is 7.35. The van der Waals surface area contributed by atoms with Crippen molar-refractivity contribution in [3.05, 3.63) is 94.9 Å². The monoisotopic (exact) mass is 658 g/mol. The number of halogens is 4. The lowest BCUT2D eigenvalue weighted by Crippen LogP contribution is -2.49. The first-order valence-corrected chi connectivity index (χ1v) is 15.1. The first kappa shape index (κ1) is 35.6. The molecule has 1 unspecified atom stereocenters. The second-order valence-corrected chi connectivity index (χ2v) is 11.4. The zero-order valence-electron chi connectivity index (χ0n) is 25.5. The Balaban J connectivity index is 1.63. The number of hydrogen-bond acceptors (Lipinski definition) is 5. The highest BCUT2D eigenvalue weighted by Crippen LogP contribution is 2.31. The van der Waals surface area contributed by atoms with E-state index in [2.05, 4.69) is 25.4 Å². The Kier molecular flexibility index (Phi) is 12.7. The molecule has 244 valence electrons. The molecule has 4 N–H and O–H groups in total. The van der Waals surface area contributed by atoms with Gasteiger partial charge in [-0.2, -0.15) is 4.39 Å². The molecule has 0 heterocycles. The molecule has 3 aromatic rings. The highest BCUT2D eigenvalue weighted by Gasteiger charge is 2.31. The van der Waals surface area contributed by atoms with Crippen LogP contribution in [-0.2, 0) is 4.79 Å². The van der Waals surface area contributed by atoms with Gasteiger partial charge in [0.25, 0.3) is 0 Å². The maximum Gasteiger partial charge on any atom is 0.573 e. The molecule has 0 bridgehead atoms. The molecule has 9 nitrogen and oxygen atoms in total. The van der Waals surface area contributed by atoms with Crippen LogP contribution in [0.25, 0.3) is 6.08 Å². The van der Waals surface area contributed by atoms with Crippen LogP contribution in [0.1, 0.15) is 48.9 Å². The Morgan fingerprint density at radius 3 is 2.35 bits per heavy atom. The van der Waals surface area contributed by atoms with E-state index in [9.17, 15) is 27.2 Å². The first-order chi connectivity index (χ1) is 21.8. The van der Waals surface area contributed by atoms with Crippen molar-refractivity contribution >= 4 is 53.8 Å². The summed E-state index contributed by atoms with van der Waals surface area (Å²) in [6, 6.07) is 16.1. The molecule has 0 aliphatic carbocycles. The first-order valence-electron chi connectivity index (χ1n) is 14.0. The van der Waals surface area contributed by atoms with E-state index < -0.39 is 23.8 Å². The van der Waals surface area contributed by atoms with Gasteiger partial charge in [0.15, 0.2) is 11.4 Å². The van der Waals surface area contributed by atoms with E-state index >= 15 is 0 Å². The number of ether oxygens (including phenoxy) is 1. The number of nitrogens with one attached hydrogen (secondary N) is 2. The molecule has 0 saturated heterocycles. The van der Waals surface area contributed by atoms with Crippen LogP contribution in [-0.4, -0.2) is 42.2 Å². The minimum absolute atomic E-state index is 0.0858. The molecule has 3 aromatic carbocycles. The Labute approximate surface area is 268 Å². The minimum atomic E-state index is -4.79. The summed E-state index contributed by atoms with van der Waals surface area (Å²) in [6.45, 7) is 7.81. The van der Waals surface area contributed by atoms with Gasteiger partial charge in [0, 0.05) is 5.56 Å². The van der Waals surface area contributed by atoms with Gasteiger partial charge in [-0.3, -0.25) is 15.0 Å². The molecule has 0 aliphatic heterocycles. The number of amidine groups is 1. The van der Waals surface area contributed by atoms with Gasteiger partial charge in [-0.1, -0.05) is 57.2 Å². The van der Waals surface area contributed by atoms with Crippen LogP contribution < -0.4 is 26.0 Å². The summed E-state index contributed by atoms with van der Waals surface area (Å²) < 4.78 is 55.4. The summed E-state index contributed by atoms with van der Waals surface area (Å²) in [4.78, 5) is 34.4. The van der Waals surface area contributed by atoms with Crippen molar-refractivity contribution in [2.45, 2.75) is 45.5 Å². The fourth-order valence-electron chi connectivity index (χ4n) is 4.11. The Morgan fingerprint density at radius 2 is 1.76 bits per heavy atom. The lowest BCUT2D eigenvalue weighted by Gasteiger charge is -2.31. The number of aryl methyl sites for hydroxylation is 1. The van der Waals surface area contributed by atoms with Gasteiger partial charge in [0.1, 0.15) is 17.9 Å². The van der Waals surface area contributed by atoms with E-state index in [4.69, 9.17) is 5.73 Å². The number of benzene rings is 3. The van der Waals surface area contributed by atoms with Gasteiger partial charge in [-0.05, 0) is 71.7 Å². The third-order valence-corrected chi connectivity index (χ3v) is 7.23. The van der Waals surface area contributed by atoms with Crippen LogP contribution in [0.2, 0.25) is 0 Å². The summed E-state index contributed by atoms with van der Waals surface area (Å²) in [6.07, 6.45) is -1.88. The third-order valence-electron chi connectivity index (χ3n) is 6.24. The lowest BCUT2D eigenvalue weighted by atomic mass is 9.99. The van der Waals surface area contributed by atoms with Gasteiger partial charge in [-0.25, -0.2) is 14.8 Å². The van der Waals surface area contributed by atoms with Crippen LogP contribution in [0.5, 0.6) is 5.75 Å². The van der Waals surface area contributed by atoms with E-state index in [-0.39, 0.29) is 17.5 Å². The molecule has 3 amide bonds. The lowest BCUT2D eigenvalue weighted by molar-refractivity contribution is -0.274. The van der Waals surface area contributed by atoms with Gasteiger partial charge >= 0.3 is 12.4 Å². The summed E-state index contributed by atoms with van der Waals surface area (Å²) in [5.74, 6) is -0.519. The van der Waals surface area contributed by atoms with Crippen molar-refractivity contribution in [2.75, 3.05) is 10.7 Å². The molecule has 46 heavy (non-hydrogen) atoms. The number of alkyl halides is 3. The van der Waals surface area contributed by atoms with Crippen LogP contribution in [0.15, 0.2) is 82.7 Å². The summed E-state index contributed by atoms with van der Waals surface area (Å²) in [5.41, 5.74) is 8.97. The normalized spacial score (nSPS) is 13.1. The predicted molar refractivity (Wildman–Crippen MR) is 175 cm³/mol. The van der Waals surface area contributed by atoms with Crippen molar-refractivity contribution < 1.29 is 31.9 Å². The molecule has 3 rings (SSSR count). The number of nitrogens with two attached hydrogens (primary N) is 1. The molecule has 0 aromatic heterocycles. The summed E-state index contributed by atoms with van der Waals surface area (Å²) >= 11 is 1.31. The van der Waals surface area contributed by atoms with Crippen molar-refractivity contribution in [3.8, 4) is 5.75 Å². The topological polar surface area (TPSA) is 121 Å². The molecule has 0 radical (unpaired) electrons. The summed E-state index contributed by atoms with van der Waals surface area (Å²) in [5, 5.41) is 4.82. The van der Waals surface area contributed by atoms with Crippen LogP contribution in [0.4, 0.5) is 33.7 Å². The van der Waals surface area contributed by atoms with E-state index in [1.807, 2.05) is 45.9 Å². The molecule has 0 spiro atoms. The molecule has 0 fully saturated rings.